The Hall–Kier alpha value is -2.70. The van der Waals surface area contributed by atoms with Crippen molar-refractivity contribution in [3.05, 3.63) is 48.3 Å². The number of halogens is 1. The molecule has 1 aromatic rings. The number of rotatable bonds is 8. The summed E-state index contributed by atoms with van der Waals surface area (Å²) in [5, 5.41) is 4.89. The normalized spacial score (nSPS) is 12.8. The van der Waals surface area contributed by atoms with Crippen LogP contribution in [0.2, 0.25) is 0 Å². The fourth-order valence-corrected chi connectivity index (χ4v) is 2.02. The van der Waals surface area contributed by atoms with Crippen molar-refractivity contribution < 1.29 is 18.8 Å². The van der Waals surface area contributed by atoms with Crippen molar-refractivity contribution in [2.75, 3.05) is 0 Å². The summed E-state index contributed by atoms with van der Waals surface area (Å²) in [6.07, 6.45) is 1.56. The first-order valence-electron chi connectivity index (χ1n) is 7.06. The first kappa shape index (κ1) is 18.3. The number of nitrogens with one attached hydrogen (secondary N) is 2. The zero-order chi connectivity index (χ0) is 17.4. The van der Waals surface area contributed by atoms with Crippen LogP contribution < -0.4 is 16.4 Å². The molecule has 7 heteroatoms. The monoisotopic (exact) mass is 321 g/mol. The van der Waals surface area contributed by atoms with Crippen LogP contribution in [0.25, 0.3) is 0 Å². The average Bonchev–Trinajstić information content (AvgIpc) is 2.47. The second kappa shape index (κ2) is 8.67. The van der Waals surface area contributed by atoms with E-state index in [-0.39, 0.29) is 18.4 Å². The summed E-state index contributed by atoms with van der Waals surface area (Å²) in [4.78, 5) is 34.9. The Morgan fingerprint density at radius 2 is 1.91 bits per heavy atom. The number of primary amides is 1. The van der Waals surface area contributed by atoms with Crippen LogP contribution in [0.4, 0.5) is 4.39 Å². The first-order chi connectivity index (χ1) is 10.8. The van der Waals surface area contributed by atoms with Gasteiger partial charge in [-0.05, 0) is 18.1 Å². The van der Waals surface area contributed by atoms with Gasteiger partial charge in [0.25, 0.3) is 0 Å². The van der Waals surface area contributed by atoms with E-state index in [1.54, 1.807) is 6.07 Å². The first-order valence-corrected chi connectivity index (χ1v) is 7.06. The van der Waals surface area contributed by atoms with Gasteiger partial charge in [-0.25, -0.2) is 4.39 Å². The minimum atomic E-state index is -1.02. The molecule has 1 rings (SSSR count). The minimum Gasteiger partial charge on any atom is -0.368 e. The molecule has 0 radical (unpaired) electrons. The molecule has 0 saturated heterocycles. The maximum Gasteiger partial charge on any atom is 0.243 e. The summed E-state index contributed by atoms with van der Waals surface area (Å²) in [5.74, 6) is -2.26. The van der Waals surface area contributed by atoms with Crippen molar-refractivity contribution in [1.82, 2.24) is 10.6 Å². The van der Waals surface area contributed by atoms with Crippen molar-refractivity contribution in [1.29, 1.82) is 0 Å². The second-order valence-corrected chi connectivity index (χ2v) is 5.04. The standard InChI is InChI=1S/C16H20FN3O3/c1-3-6-13(15(18)22)20-16(23)14(19-10(2)21)9-11-7-4-5-8-12(11)17/h3-5,7-8,13-14H,1,6,9H2,2H3,(H2,18,22)(H,19,21)(H,20,23)/t13-,14-/m1/s1. The van der Waals surface area contributed by atoms with Gasteiger partial charge >= 0.3 is 0 Å². The van der Waals surface area contributed by atoms with E-state index in [4.69, 9.17) is 5.73 Å². The van der Waals surface area contributed by atoms with Gasteiger partial charge in [-0.15, -0.1) is 6.58 Å². The lowest BCUT2D eigenvalue weighted by Crippen LogP contribution is -2.53. The van der Waals surface area contributed by atoms with Crippen LogP contribution in [-0.4, -0.2) is 29.8 Å². The summed E-state index contributed by atoms with van der Waals surface area (Å²) in [5.41, 5.74) is 5.48. The Kier molecular flexibility index (Phi) is 6.92. The number of amides is 3. The van der Waals surface area contributed by atoms with E-state index in [0.717, 1.165) is 0 Å². The number of benzene rings is 1. The summed E-state index contributed by atoms with van der Waals surface area (Å²) in [6.45, 7) is 4.73. The molecular formula is C16H20FN3O3. The molecule has 0 spiro atoms. The van der Waals surface area contributed by atoms with Crippen LogP contribution in [0.5, 0.6) is 0 Å². The van der Waals surface area contributed by atoms with Crippen LogP contribution in [-0.2, 0) is 20.8 Å². The molecule has 0 aliphatic rings. The molecule has 6 nitrogen and oxygen atoms in total. The Morgan fingerprint density at radius 1 is 1.26 bits per heavy atom. The molecule has 0 heterocycles. The number of carbonyl (C=O) groups excluding carboxylic acids is 3. The van der Waals surface area contributed by atoms with Crippen LogP contribution in [0.3, 0.4) is 0 Å². The highest BCUT2D eigenvalue weighted by atomic mass is 19.1. The zero-order valence-electron chi connectivity index (χ0n) is 12.8. The van der Waals surface area contributed by atoms with Crippen molar-refractivity contribution in [2.45, 2.75) is 31.8 Å². The Bertz CT molecular complexity index is 604. The molecule has 23 heavy (non-hydrogen) atoms. The smallest absolute Gasteiger partial charge is 0.243 e. The Balaban J connectivity index is 2.90. The van der Waals surface area contributed by atoms with Crippen LogP contribution in [0, 0.1) is 5.82 Å². The molecule has 0 saturated carbocycles. The zero-order valence-corrected chi connectivity index (χ0v) is 12.8. The van der Waals surface area contributed by atoms with Gasteiger partial charge < -0.3 is 16.4 Å². The summed E-state index contributed by atoms with van der Waals surface area (Å²) in [6, 6.07) is 3.99. The SMILES string of the molecule is C=CC[C@@H](NC(=O)[C@@H](Cc1ccccc1F)NC(C)=O)C(N)=O. The van der Waals surface area contributed by atoms with Gasteiger partial charge in [0.15, 0.2) is 0 Å². The maximum absolute atomic E-state index is 13.7. The predicted molar refractivity (Wildman–Crippen MR) is 83.6 cm³/mol. The van der Waals surface area contributed by atoms with Crippen LogP contribution in [0.15, 0.2) is 36.9 Å². The fourth-order valence-electron chi connectivity index (χ4n) is 2.02. The molecule has 3 amide bonds. The highest BCUT2D eigenvalue weighted by molar-refractivity contribution is 5.91. The van der Waals surface area contributed by atoms with Crippen molar-refractivity contribution in [3.63, 3.8) is 0 Å². The molecule has 1 aromatic carbocycles. The number of carbonyl (C=O) groups is 3. The van der Waals surface area contributed by atoms with Gasteiger partial charge in [0, 0.05) is 13.3 Å². The third kappa shape index (κ3) is 5.90. The molecule has 0 aliphatic heterocycles. The summed E-state index contributed by atoms with van der Waals surface area (Å²) < 4.78 is 13.7. The molecular weight excluding hydrogens is 301 g/mol. The highest BCUT2D eigenvalue weighted by Gasteiger charge is 2.25. The van der Waals surface area contributed by atoms with E-state index in [1.165, 1.54) is 31.2 Å². The van der Waals surface area contributed by atoms with Crippen LogP contribution >= 0.6 is 0 Å². The van der Waals surface area contributed by atoms with E-state index in [2.05, 4.69) is 17.2 Å². The second-order valence-electron chi connectivity index (χ2n) is 5.04. The van der Waals surface area contributed by atoms with E-state index >= 15 is 0 Å². The van der Waals surface area contributed by atoms with Crippen molar-refractivity contribution in [3.8, 4) is 0 Å². The molecule has 0 aromatic heterocycles. The van der Waals surface area contributed by atoms with E-state index in [9.17, 15) is 18.8 Å². The van der Waals surface area contributed by atoms with E-state index in [0.29, 0.717) is 0 Å². The molecule has 0 bridgehead atoms. The van der Waals surface area contributed by atoms with E-state index < -0.39 is 35.6 Å². The summed E-state index contributed by atoms with van der Waals surface area (Å²) >= 11 is 0. The maximum atomic E-state index is 13.7. The third-order valence-electron chi connectivity index (χ3n) is 3.14. The molecule has 0 aliphatic carbocycles. The van der Waals surface area contributed by atoms with Gasteiger partial charge in [0.05, 0.1) is 0 Å². The third-order valence-corrected chi connectivity index (χ3v) is 3.14. The van der Waals surface area contributed by atoms with Crippen LogP contribution in [0.1, 0.15) is 18.9 Å². The molecule has 2 atom stereocenters. The van der Waals surface area contributed by atoms with Gasteiger partial charge in [-0.2, -0.15) is 0 Å². The Labute approximate surface area is 133 Å². The molecule has 0 fully saturated rings. The largest absolute Gasteiger partial charge is 0.368 e. The fraction of sp³-hybridized carbons (Fsp3) is 0.312. The van der Waals surface area contributed by atoms with E-state index in [1.807, 2.05) is 0 Å². The van der Waals surface area contributed by atoms with Crippen molar-refractivity contribution in [2.24, 2.45) is 5.73 Å². The number of nitrogens with two attached hydrogens (primary N) is 1. The van der Waals surface area contributed by atoms with Gasteiger partial charge in [0.1, 0.15) is 17.9 Å². The van der Waals surface area contributed by atoms with Gasteiger partial charge in [-0.1, -0.05) is 24.3 Å². The van der Waals surface area contributed by atoms with Crippen molar-refractivity contribution >= 4 is 17.7 Å². The molecule has 0 unspecified atom stereocenters. The predicted octanol–water partition coefficient (Wildman–Crippen LogP) is 0.419. The minimum absolute atomic E-state index is 0.0440. The van der Waals surface area contributed by atoms with Gasteiger partial charge in [-0.3, -0.25) is 14.4 Å². The quantitative estimate of drug-likeness (QED) is 0.605. The topological polar surface area (TPSA) is 101 Å². The highest BCUT2D eigenvalue weighted by Crippen LogP contribution is 2.10. The lowest BCUT2D eigenvalue weighted by Gasteiger charge is -2.21. The lowest BCUT2D eigenvalue weighted by molar-refractivity contribution is -0.130. The van der Waals surface area contributed by atoms with Gasteiger partial charge in [0.2, 0.25) is 17.7 Å². The number of hydrogen-bond acceptors (Lipinski definition) is 3. The Morgan fingerprint density at radius 3 is 2.43 bits per heavy atom. The average molecular weight is 321 g/mol. The number of hydrogen-bond donors (Lipinski definition) is 3. The molecule has 124 valence electrons. The lowest BCUT2D eigenvalue weighted by atomic mass is 10.0. The molecule has 4 N–H and O–H groups in total. The summed E-state index contributed by atoms with van der Waals surface area (Å²) in [7, 11) is 0.